The molecule has 1 aliphatic rings. The second-order valence-electron chi connectivity index (χ2n) is 6.19. The second kappa shape index (κ2) is 7.84. The zero-order chi connectivity index (χ0) is 20.4. The van der Waals surface area contributed by atoms with Crippen molar-refractivity contribution in [2.75, 3.05) is 13.1 Å². The van der Waals surface area contributed by atoms with Crippen molar-refractivity contribution < 1.29 is 35.5 Å². The number of likely N-dealkylation sites (tertiary alicyclic amines) is 1. The molecule has 0 radical (unpaired) electrons. The zero-order valence-corrected chi connectivity index (χ0v) is 15.3. The number of halogens is 3. The number of nitrogens with zero attached hydrogens (tertiary/aromatic N) is 1. The number of amides is 1. The first-order valence-corrected chi connectivity index (χ1v) is 9.82. The Morgan fingerprint density at radius 1 is 1.18 bits per heavy atom. The van der Waals surface area contributed by atoms with Crippen LogP contribution in [0.4, 0.5) is 13.2 Å². The van der Waals surface area contributed by atoms with Crippen LogP contribution in [0.2, 0.25) is 0 Å². The molecule has 1 aromatic carbocycles. The highest BCUT2D eigenvalue weighted by atomic mass is 32.2. The molecule has 0 spiro atoms. The molecule has 0 bridgehead atoms. The van der Waals surface area contributed by atoms with Crippen molar-refractivity contribution in [3.8, 4) is 5.75 Å². The van der Waals surface area contributed by atoms with E-state index in [2.05, 4.69) is 9.46 Å². The van der Waals surface area contributed by atoms with E-state index >= 15 is 0 Å². The number of alkyl halides is 3. The minimum atomic E-state index is -5.01. The fraction of sp³-hybridized carbons (Fsp3) is 0.353. The van der Waals surface area contributed by atoms with Crippen LogP contribution >= 0.6 is 0 Å². The van der Waals surface area contributed by atoms with Gasteiger partial charge in [-0.2, -0.15) is 0 Å². The van der Waals surface area contributed by atoms with Crippen molar-refractivity contribution in [2.45, 2.75) is 30.1 Å². The number of nitrogens with one attached hydrogen (secondary N) is 1. The summed E-state index contributed by atoms with van der Waals surface area (Å²) in [6, 6.07) is 5.56. The van der Waals surface area contributed by atoms with Crippen LogP contribution in [0.1, 0.15) is 23.2 Å². The Bertz CT molecular complexity index is 921. The Hall–Kier alpha value is -2.53. The Balaban J connectivity index is 1.66. The molecule has 1 amide bonds. The van der Waals surface area contributed by atoms with E-state index in [4.69, 9.17) is 4.42 Å². The molecule has 0 aliphatic carbocycles. The van der Waals surface area contributed by atoms with Crippen molar-refractivity contribution in [2.24, 2.45) is 0 Å². The first-order chi connectivity index (χ1) is 13.2. The highest BCUT2D eigenvalue weighted by Crippen LogP contribution is 2.29. The molecule has 0 saturated carbocycles. The molecule has 152 valence electrons. The largest absolute Gasteiger partial charge is 0.573 e. The Labute approximate surface area is 159 Å². The number of hydrogen-bond donors (Lipinski definition) is 1. The van der Waals surface area contributed by atoms with Gasteiger partial charge in [0.1, 0.15) is 16.9 Å². The van der Waals surface area contributed by atoms with Crippen molar-refractivity contribution in [1.82, 2.24) is 9.62 Å². The molecule has 1 fully saturated rings. The number of para-hydroxylation sites is 1. The molecule has 3 rings (SSSR count). The molecular weight excluding hydrogens is 401 g/mol. The monoisotopic (exact) mass is 418 g/mol. The molecule has 1 aromatic heterocycles. The predicted molar refractivity (Wildman–Crippen MR) is 91.1 cm³/mol. The van der Waals surface area contributed by atoms with E-state index < -0.39 is 33.1 Å². The average Bonchev–Trinajstić information content (AvgIpc) is 3.15. The number of ether oxygens (including phenoxy) is 1. The summed E-state index contributed by atoms with van der Waals surface area (Å²) in [5, 5.41) is 0. The molecule has 0 atom stereocenters. The van der Waals surface area contributed by atoms with Crippen molar-refractivity contribution in [3.05, 3.63) is 48.4 Å². The number of benzene rings is 1. The van der Waals surface area contributed by atoms with Crippen molar-refractivity contribution >= 4 is 15.9 Å². The maximum absolute atomic E-state index is 12.6. The molecule has 2 heterocycles. The van der Waals surface area contributed by atoms with Gasteiger partial charge in [0, 0.05) is 19.1 Å². The molecule has 1 saturated heterocycles. The number of piperidine rings is 1. The van der Waals surface area contributed by atoms with E-state index in [1.54, 1.807) is 4.90 Å². The average molecular weight is 418 g/mol. The van der Waals surface area contributed by atoms with Crippen molar-refractivity contribution in [3.63, 3.8) is 0 Å². The lowest BCUT2D eigenvalue weighted by molar-refractivity contribution is -0.275. The van der Waals surface area contributed by atoms with Gasteiger partial charge in [-0.15, -0.1) is 13.2 Å². The van der Waals surface area contributed by atoms with Crippen molar-refractivity contribution in [1.29, 1.82) is 0 Å². The maximum atomic E-state index is 12.6. The maximum Gasteiger partial charge on any atom is 0.573 e. The van der Waals surface area contributed by atoms with Gasteiger partial charge < -0.3 is 14.1 Å². The second-order valence-corrected chi connectivity index (χ2v) is 7.88. The van der Waals surface area contributed by atoms with E-state index in [1.165, 1.54) is 30.7 Å². The molecule has 7 nitrogen and oxygen atoms in total. The summed E-state index contributed by atoms with van der Waals surface area (Å²) in [4.78, 5) is 13.2. The van der Waals surface area contributed by atoms with Gasteiger partial charge in [0.2, 0.25) is 10.0 Å². The van der Waals surface area contributed by atoms with E-state index in [-0.39, 0.29) is 5.91 Å². The molecule has 11 heteroatoms. The highest BCUT2D eigenvalue weighted by Gasteiger charge is 2.35. The summed E-state index contributed by atoms with van der Waals surface area (Å²) >= 11 is 0. The predicted octanol–water partition coefficient (Wildman–Crippen LogP) is 2.76. The van der Waals surface area contributed by atoms with Gasteiger partial charge in [0.25, 0.3) is 5.91 Å². The summed E-state index contributed by atoms with van der Waals surface area (Å²) in [5.74, 6) is -1.02. The standard InChI is InChI=1S/C17H17F3N2O5S/c18-17(19,20)27-14-3-1-2-4-15(14)28(24,25)21-13-5-8-22(9-6-13)16(23)12-7-10-26-11-12/h1-4,7,10-11,13,21H,5-6,8-9H2. The molecule has 0 unspecified atom stereocenters. The summed E-state index contributed by atoms with van der Waals surface area (Å²) in [5.41, 5.74) is 0.400. The normalized spacial score (nSPS) is 16.2. The number of sulfonamides is 1. The smallest absolute Gasteiger partial charge is 0.472 e. The number of hydrogen-bond acceptors (Lipinski definition) is 5. The van der Waals surface area contributed by atoms with E-state index in [1.807, 2.05) is 0 Å². The summed E-state index contributed by atoms with van der Waals surface area (Å²) in [6.45, 7) is 0.607. The SMILES string of the molecule is O=C(c1ccoc1)N1CCC(NS(=O)(=O)c2ccccc2OC(F)(F)F)CC1. The number of carbonyl (C=O) groups is 1. The fourth-order valence-electron chi connectivity index (χ4n) is 2.93. The summed E-state index contributed by atoms with van der Waals surface area (Å²) in [6.07, 6.45) is -1.65. The van der Waals surface area contributed by atoms with Gasteiger partial charge in [0.05, 0.1) is 11.8 Å². The van der Waals surface area contributed by atoms with Gasteiger partial charge in [-0.3, -0.25) is 4.79 Å². The van der Waals surface area contributed by atoms with Gasteiger partial charge in [0.15, 0.2) is 0 Å². The lowest BCUT2D eigenvalue weighted by atomic mass is 10.1. The van der Waals surface area contributed by atoms with Crippen LogP contribution < -0.4 is 9.46 Å². The molecule has 1 aliphatic heterocycles. The minimum absolute atomic E-state index is 0.223. The lowest BCUT2D eigenvalue weighted by Crippen LogP contribution is -2.46. The van der Waals surface area contributed by atoms with Crippen LogP contribution in [-0.4, -0.2) is 44.7 Å². The Kier molecular flexibility index (Phi) is 5.66. The van der Waals surface area contributed by atoms with Gasteiger partial charge >= 0.3 is 6.36 Å². The Morgan fingerprint density at radius 3 is 2.46 bits per heavy atom. The topological polar surface area (TPSA) is 88.9 Å². The number of rotatable bonds is 5. The molecule has 28 heavy (non-hydrogen) atoms. The van der Waals surface area contributed by atoms with Gasteiger partial charge in [-0.25, -0.2) is 13.1 Å². The number of carbonyl (C=O) groups excluding carboxylic acids is 1. The Morgan fingerprint density at radius 2 is 1.86 bits per heavy atom. The van der Waals surface area contributed by atoms with Crippen LogP contribution in [0.5, 0.6) is 5.75 Å². The highest BCUT2D eigenvalue weighted by molar-refractivity contribution is 7.89. The van der Waals surface area contributed by atoms with Crippen LogP contribution in [0, 0.1) is 0 Å². The van der Waals surface area contributed by atoms with Gasteiger partial charge in [-0.1, -0.05) is 12.1 Å². The summed E-state index contributed by atoms with van der Waals surface area (Å²) < 4.78 is 73.8. The van der Waals surface area contributed by atoms with Gasteiger partial charge in [-0.05, 0) is 31.0 Å². The quantitative estimate of drug-likeness (QED) is 0.807. The van der Waals surface area contributed by atoms with Crippen LogP contribution in [0.25, 0.3) is 0 Å². The molecular formula is C17H17F3N2O5S. The van der Waals surface area contributed by atoms with E-state index in [0.29, 0.717) is 31.5 Å². The minimum Gasteiger partial charge on any atom is -0.472 e. The first kappa shape index (κ1) is 20.2. The van der Waals surface area contributed by atoms with Crippen LogP contribution in [0.15, 0.2) is 52.2 Å². The van der Waals surface area contributed by atoms with Crippen LogP contribution in [-0.2, 0) is 10.0 Å². The molecule has 2 aromatic rings. The third-order valence-electron chi connectivity index (χ3n) is 4.24. The summed E-state index contributed by atoms with van der Waals surface area (Å²) in [7, 11) is -4.24. The van der Waals surface area contributed by atoms with Crippen LogP contribution in [0.3, 0.4) is 0 Å². The lowest BCUT2D eigenvalue weighted by Gasteiger charge is -2.32. The third-order valence-corrected chi connectivity index (χ3v) is 5.80. The molecule has 1 N–H and O–H groups in total. The van der Waals surface area contributed by atoms with E-state index in [0.717, 1.165) is 12.1 Å². The first-order valence-electron chi connectivity index (χ1n) is 8.34. The number of furan rings is 1. The van der Waals surface area contributed by atoms with E-state index in [9.17, 15) is 26.4 Å². The third kappa shape index (κ3) is 4.84. The fourth-order valence-corrected chi connectivity index (χ4v) is 4.37. The zero-order valence-electron chi connectivity index (χ0n) is 14.5.